The monoisotopic (exact) mass is 371 g/mol. The van der Waals surface area contributed by atoms with Gasteiger partial charge in [-0.05, 0) is 54.8 Å². The molecule has 0 saturated carbocycles. The Labute approximate surface area is 154 Å². The molecular weight excluding hydrogens is 350 g/mol. The molecule has 2 aromatic rings. The van der Waals surface area contributed by atoms with Crippen molar-refractivity contribution in [3.8, 4) is 6.07 Å². The minimum atomic E-state index is -3.61. The highest BCUT2D eigenvalue weighted by molar-refractivity contribution is 7.92. The van der Waals surface area contributed by atoms with Crippen LogP contribution in [-0.2, 0) is 21.2 Å². The predicted octanol–water partition coefficient (Wildman–Crippen LogP) is 2.77. The maximum Gasteiger partial charge on any atom is 0.245 e. The van der Waals surface area contributed by atoms with E-state index >= 15 is 0 Å². The van der Waals surface area contributed by atoms with Crippen molar-refractivity contribution < 1.29 is 13.2 Å². The van der Waals surface area contributed by atoms with Crippen LogP contribution in [0.2, 0.25) is 0 Å². The summed E-state index contributed by atoms with van der Waals surface area (Å²) in [5, 5.41) is 11.4. The average Bonchev–Trinajstić information content (AvgIpc) is 2.56. The lowest BCUT2D eigenvalue weighted by Crippen LogP contribution is -2.37. The highest BCUT2D eigenvalue weighted by Crippen LogP contribution is 2.21. The fourth-order valence-corrected chi connectivity index (χ4v) is 3.26. The van der Waals surface area contributed by atoms with Gasteiger partial charge >= 0.3 is 0 Å². The Morgan fingerprint density at radius 1 is 1.12 bits per heavy atom. The Hall–Kier alpha value is -2.85. The molecule has 0 aliphatic carbocycles. The van der Waals surface area contributed by atoms with E-state index in [1.165, 1.54) is 0 Å². The minimum Gasteiger partial charge on any atom is -0.325 e. The third kappa shape index (κ3) is 5.07. The number of anilines is 2. The zero-order valence-electron chi connectivity index (χ0n) is 15.0. The molecule has 7 heteroatoms. The lowest BCUT2D eigenvalue weighted by atomic mass is 10.1. The Morgan fingerprint density at radius 3 is 2.31 bits per heavy atom. The molecule has 1 N–H and O–H groups in total. The first-order valence-corrected chi connectivity index (χ1v) is 9.86. The van der Waals surface area contributed by atoms with E-state index in [9.17, 15) is 13.2 Å². The maximum atomic E-state index is 12.3. The third-order valence-electron chi connectivity index (χ3n) is 3.99. The SMILES string of the molecule is Cc1ccc(N(CC(=O)Nc2ccc(CC#N)cc2)S(C)(=O)=O)cc1C. The van der Waals surface area contributed by atoms with Crippen LogP contribution in [0.1, 0.15) is 16.7 Å². The van der Waals surface area contributed by atoms with Gasteiger partial charge in [0, 0.05) is 5.69 Å². The van der Waals surface area contributed by atoms with E-state index in [-0.39, 0.29) is 6.54 Å². The lowest BCUT2D eigenvalue weighted by Gasteiger charge is -2.22. The van der Waals surface area contributed by atoms with Gasteiger partial charge in [-0.3, -0.25) is 9.10 Å². The first-order valence-electron chi connectivity index (χ1n) is 8.01. The second-order valence-corrected chi connectivity index (χ2v) is 8.02. The molecule has 0 fully saturated rings. The van der Waals surface area contributed by atoms with Gasteiger partial charge in [0.2, 0.25) is 15.9 Å². The smallest absolute Gasteiger partial charge is 0.245 e. The van der Waals surface area contributed by atoms with Crippen molar-refractivity contribution in [2.75, 3.05) is 22.4 Å². The summed E-state index contributed by atoms with van der Waals surface area (Å²) < 4.78 is 25.4. The molecule has 2 rings (SSSR count). The van der Waals surface area contributed by atoms with E-state index in [1.54, 1.807) is 36.4 Å². The van der Waals surface area contributed by atoms with Gasteiger partial charge in [0.15, 0.2) is 0 Å². The molecule has 2 aromatic carbocycles. The largest absolute Gasteiger partial charge is 0.325 e. The maximum absolute atomic E-state index is 12.3. The molecule has 0 aromatic heterocycles. The molecule has 26 heavy (non-hydrogen) atoms. The fraction of sp³-hybridized carbons (Fsp3) is 0.263. The van der Waals surface area contributed by atoms with E-state index in [0.29, 0.717) is 17.8 Å². The number of hydrogen-bond acceptors (Lipinski definition) is 4. The van der Waals surface area contributed by atoms with Gasteiger partial charge < -0.3 is 5.32 Å². The Kier molecular flexibility index (Phi) is 6.01. The number of rotatable bonds is 6. The zero-order valence-corrected chi connectivity index (χ0v) is 15.8. The van der Waals surface area contributed by atoms with Crippen LogP contribution in [0.3, 0.4) is 0 Å². The van der Waals surface area contributed by atoms with Crippen molar-refractivity contribution in [1.29, 1.82) is 5.26 Å². The van der Waals surface area contributed by atoms with Crippen LogP contribution < -0.4 is 9.62 Å². The van der Waals surface area contributed by atoms with Crippen LogP contribution in [0.4, 0.5) is 11.4 Å². The molecule has 0 saturated heterocycles. The fourth-order valence-electron chi connectivity index (χ4n) is 2.41. The molecule has 136 valence electrons. The molecule has 0 atom stereocenters. The van der Waals surface area contributed by atoms with E-state index in [2.05, 4.69) is 11.4 Å². The van der Waals surface area contributed by atoms with Crippen LogP contribution in [0.15, 0.2) is 42.5 Å². The lowest BCUT2D eigenvalue weighted by molar-refractivity contribution is -0.114. The summed E-state index contributed by atoms with van der Waals surface area (Å²) in [7, 11) is -3.61. The normalized spacial score (nSPS) is 10.8. The summed E-state index contributed by atoms with van der Waals surface area (Å²) in [6.45, 7) is 3.51. The van der Waals surface area contributed by atoms with Crippen LogP contribution in [0.5, 0.6) is 0 Å². The number of aryl methyl sites for hydroxylation is 2. The molecule has 1 amide bonds. The molecule has 0 spiro atoms. The standard InChI is InChI=1S/C19H21N3O3S/c1-14-4-9-18(12-15(14)2)22(26(3,24)25)13-19(23)21-17-7-5-16(6-8-17)10-11-20/h4-9,12H,10,13H2,1-3H3,(H,21,23). The summed E-state index contributed by atoms with van der Waals surface area (Å²) in [4.78, 5) is 12.3. The van der Waals surface area contributed by atoms with E-state index < -0.39 is 15.9 Å². The van der Waals surface area contributed by atoms with Gasteiger partial charge in [-0.2, -0.15) is 5.26 Å². The van der Waals surface area contributed by atoms with E-state index in [1.807, 2.05) is 19.9 Å². The van der Waals surface area contributed by atoms with E-state index in [0.717, 1.165) is 27.3 Å². The minimum absolute atomic E-state index is 0.295. The molecular formula is C19H21N3O3S. The first kappa shape index (κ1) is 19.5. The van der Waals surface area contributed by atoms with Crippen molar-refractivity contribution in [2.45, 2.75) is 20.3 Å². The Morgan fingerprint density at radius 2 is 1.77 bits per heavy atom. The van der Waals surface area contributed by atoms with Gasteiger partial charge in [-0.25, -0.2) is 8.42 Å². The number of hydrogen-bond donors (Lipinski definition) is 1. The summed E-state index contributed by atoms with van der Waals surface area (Å²) >= 11 is 0. The van der Waals surface area contributed by atoms with Crippen molar-refractivity contribution in [2.24, 2.45) is 0 Å². The van der Waals surface area contributed by atoms with Crippen molar-refractivity contribution >= 4 is 27.3 Å². The summed E-state index contributed by atoms with van der Waals surface area (Å²) in [5.41, 5.74) is 3.84. The molecule has 6 nitrogen and oxygen atoms in total. The summed E-state index contributed by atoms with van der Waals surface area (Å²) in [6, 6.07) is 14.2. The predicted molar refractivity (Wildman–Crippen MR) is 102 cm³/mol. The topological polar surface area (TPSA) is 90.3 Å². The first-order chi connectivity index (χ1) is 12.2. The van der Waals surface area contributed by atoms with Crippen LogP contribution >= 0.6 is 0 Å². The number of sulfonamides is 1. The van der Waals surface area contributed by atoms with Crippen molar-refractivity contribution in [3.63, 3.8) is 0 Å². The Balaban J connectivity index is 2.16. The zero-order chi connectivity index (χ0) is 19.3. The second-order valence-electron chi connectivity index (χ2n) is 6.12. The second kappa shape index (κ2) is 8.02. The molecule has 0 radical (unpaired) electrons. The van der Waals surface area contributed by atoms with Crippen molar-refractivity contribution in [1.82, 2.24) is 0 Å². The van der Waals surface area contributed by atoms with Crippen LogP contribution in [0.25, 0.3) is 0 Å². The molecule has 0 unspecified atom stereocenters. The number of nitrogens with zero attached hydrogens (tertiary/aromatic N) is 2. The number of carbonyl (C=O) groups is 1. The van der Waals surface area contributed by atoms with Gasteiger partial charge in [0.25, 0.3) is 0 Å². The van der Waals surface area contributed by atoms with Gasteiger partial charge in [-0.15, -0.1) is 0 Å². The molecule has 0 aliphatic heterocycles. The van der Waals surface area contributed by atoms with Crippen molar-refractivity contribution in [3.05, 3.63) is 59.2 Å². The Bertz CT molecular complexity index is 945. The molecule has 0 bridgehead atoms. The van der Waals surface area contributed by atoms with Crippen LogP contribution in [-0.4, -0.2) is 27.1 Å². The quantitative estimate of drug-likeness (QED) is 0.845. The third-order valence-corrected chi connectivity index (χ3v) is 5.13. The number of carbonyl (C=O) groups excluding carboxylic acids is 1. The molecule has 0 heterocycles. The number of nitrogens with one attached hydrogen (secondary N) is 1. The van der Waals surface area contributed by atoms with Gasteiger partial charge in [0.05, 0.1) is 24.4 Å². The van der Waals surface area contributed by atoms with Gasteiger partial charge in [0.1, 0.15) is 6.54 Å². The highest BCUT2D eigenvalue weighted by Gasteiger charge is 2.21. The highest BCUT2D eigenvalue weighted by atomic mass is 32.2. The van der Waals surface area contributed by atoms with Gasteiger partial charge in [-0.1, -0.05) is 18.2 Å². The number of amides is 1. The summed E-state index contributed by atoms with van der Waals surface area (Å²) in [5.74, 6) is -0.443. The number of benzene rings is 2. The van der Waals surface area contributed by atoms with E-state index in [4.69, 9.17) is 5.26 Å². The molecule has 0 aliphatic rings. The summed E-state index contributed by atoms with van der Waals surface area (Å²) in [6.07, 6.45) is 1.37. The number of nitriles is 1. The van der Waals surface area contributed by atoms with Crippen LogP contribution in [0, 0.1) is 25.2 Å². The average molecular weight is 371 g/mol.